The maximum atomic E-state index is 15.1. The molecule has 0 aliphatic carbocycles. The van der Waals surface area contributed by atoms with Gasteiger partial charge in [-0.2, -0.15) is 8.78 Å². The summed E-state index contributed by atoms with van der Waals surface area (Å²) in [5, 5.41) is 11.8. The van der Waals surface area contributed by atoms with E-state index >= 15 is 8.78 Å². The summed E-state index contributed by atoms with van der Waals surface area (Å²) in [6.45, 7) is 0. The van der Waals surface area contributed by atoms with Gasteiger partial charge in [0.05, 0.1) is 11.7 Å². The van der Waals surface area contributed by atoms with Crippen LogP contribution in [0.25, 0.3) is 0 Å². The monoisotopic (exact) mass is 472 g/mol. The van der Waals surface area contributed by atoms with Crippen molar-refractivity contribution in [3.63, 3.8) is 0 Å². The number of rotatable bonds is 4. The molecule has 0 saturated carbocycles. The summed E-state index contributed by atoms with van der Waals surface area (Å²) >= 11 is 0. The largest absolute Gasteiger partial charge is 0.393 e. The molecule has 2 amide bonds. The van der Waals surface area contributed by atoms with Crippen molar-refractivity contribution in [3.8, 4) is 0 Å². The third-order valence-corrected chi connectivity index (χ3v) is 6.02. The SMILES string of the molecule is O=C(Nc1cc(F)c(F)c(F)c1)c1ccc(F)c(C(F)(F)C(=O)N2[C@@H]3CC[C@H]2CC(O)C3)c1. The molecule has 2 fully saturated rings. The fourth-order valence-electron chi connectivity index (χ4n) is 4.50. The molecular formula is C22H18F6N2O3. The van der Waals surface area contributed by atoms with Crippen LogP contribution in [-0.4, -0.2) is 40.0 Å². The van der Waals surface area contributed by atoms with Crippen molar-refractivity contribution in [3.05, 3.63) is 64.7 Å². The molecule has 2 aromatic rings. The number of carbonyl (C=O) groups excluding carboxylic acids is 2. The van der Waals surface area contributed by atoms with Crippen LogP contribution in [0.5, 0.6) is 0 Å². The quantitative estimate of drug-likeness (QED) is 0.520. The molecule has 1 unspecified atom stereocenters. The topological polar surface area (TPSA) is 69.6 Å². The highest BCUT2D eigenvalue weighted by molar-refractivity contribution is 6.04. The molecule has 0 spiro atoms. The summed E-state index contributed by atoms with van der Waals surface area (Å²) in [5.41, 5.74) is -2.34. The number of hydrogen-bond acceptors (Lipinski definition) is 3. The Morgan fingerprint density at radius 2 is 1.52 bits per heavy atom. The van der Waals surface area contributed by atoms with Crippen molar-refractivity contribution < 1.29 is 41.0 Å². The Hall–Kier alpha value is -3.08. The molecular weight excluding hydrogens is 454 g/mol. The van der Waals surface area contributed by atoms with Crippen molar-refractivity contribution in [1.29, 1.82) is 0 Å². The van der Waals surface area contributed by atoms with E-state index in [-0.39, 0.29) is 12.8 Å². The fraction of sp³-hybridized carbons (Fsp3) is 0.364. The van der Waals surface area contributed by atoms with Gasteiger partial charge in [0.15, 0.2) is 17.5 Å². The fourth-order valence-corrected chi connectivity index (χ4v) is 4.50. The van der Waals surface area contributed by atoms with Crippen molar-refractivity contribution in [1.82, 2.24) is 4.90 Å². The molecule has 2 aliphatic rings. The van der Waals surface area contributed by atoms with E-state index in [1.165, 1.54) is 0 Å². The average Bonchev–Trinajstić information content (AvgIpc) is 3.02. The normalized spacial score (nSPS) is 22.4. The number of aliphatic hydroxyl groups excluding tert-OH is 1. The first-order chi connectivity index (χ1) is 15.5. The second-order valence-corrected chi connectivity index (χ2v) is 8.20. The van der Waals surface area contributed by atoms with Crippen molar-refractivity contribution in [2.75, 3.05) is 5.32 Å². The summed E-state index contributed by atoms with van der Waals surface area (Å²) in [4.78, 5) is 26.1. The number of benzene rings is 2. The highest BCUT2D eigenvalue weighted by atomic mass is 19.3. The average molecular weight is 472 g/mol. The van der Waals surface area contributed by atoms with Gasteiger partial charge in [-0.15, -0.1) is 0 Å². The number of carbonyl (C=O) groups is 2. The van der Waals surface area contributed by atoms with E-state index in [4.69, 9.17) is 0 Å². The van der Waals surface area contributed by atoms with Crippen molar-refractivity contribution in [2.24, 2.45) is 0 Å². The molecule has 11 heteroatoms. The van der Waals surface area contributed by atoms with Gasteiger partial charge in [0.25, 0.3) is 11.8 Å². The Balaban J connectivity index is 1.60. The molecule has 2 bridgehead atoms. The van der Waals surface area contributed by atoms with Crippen LogP contribution in [0.3, 0.4) is 0 Å². The summed E-state index contributed by atoms with van der Waals surface area (Å²) < 4.78 is 84.4. The summed E-state index contributed by atoms with van der Waals surface area (Å²) in [7, 11) is 0. The summed E-state index contributed by atoms with van der Waals surface area (Å²) in [5.74, 6) is -13.4. The highest BCUT2D eigenvalue weighted by Crippen LogP contribution is 2.41. The number of nitrogens with one attached hydrogen (secondary N) is 1. The van der Waals surface area contributed by atoms with Crippen LogP contribution >= 0.6 is 0 Å². The van der Waals surface area contributed by atoms with Gasteiger partial charge in [-0.1, -0.05) is 0 Å². The van der Waals surface area contributed by atoms with Gasteiger partial charge in [-0.05, 0) is 43.9 Å². The first-order valence-corrected chi connectivity index (χ1v) is 10.1. The van der Waals surface area contributed by atoms with Gasteiger partial charge in [0.1, 0.15) is 5.82 Å². The predicted octanol–water partition coefficient (Wildman–Crippen LogP) is 4.10. The van der Waals surface area contributed by atoms with Crippen LogP contribution in [0.4, 0.5) is 32.0 Å². The highest BCUT2D eigenvalue weighted by Gasteiger charge is 2.53. The molecule has 33 heavy (non-hydrogen) atoms. The minimum atomic E-state index is -4.31. The molecule has 0 aromatic heterocycles. The second kappa shape index (κ2) is 8.36. The standard InChI is InChI=1S/C22H18F6N2O3/c23-16-4-1-10(20(32)29-11-6-17(24)19(26)18(25)7-11)5-15(16)22(27,28)21(33)30-12-2-3-13(30)9-14(31)8-12/h1,4-7,12-14,31H,2-3,8-9H2,(H,29,32)/t12-,13+,14?. The number of fused-ring (bicyclic) bond motifs is 2. The number of piperidine rings is 1. The van der Waals surface area contributed by atoms with E-state index in [0.717, 1.165) is 11.0 Å². The van der Waals surface area contributed by atoms with Crippen LogP contribution in [-0.2, 0) is 10.7 Å². The minimum Gasteiger partial charge on any atom is -0.393 e. The van der Waals surface area contributed by atoms with Crippen molar-refractivity contribution >= 4 is 17.5 Å². The first-order valence-electron chi connectivity index (χ1n) is 10.1. The van der Waals surface area contributed by atoms with Gasteiger partial charge < -0.3 is 15.3 Å². The molecule has 5 nitrogen and oxygen atoms in total. The smallest absolute Gasteiger partial charge is 0.352 e. The number of nitrogens with zero attached hydrogens (tertiary/aromatic N) is 1. The number of halogens is 6. The van der Waals surface area contributed by atoms with Gasteiger partial charge in [-0.3, -0.25) is 9.59 Å². The van der Waals surface area contributed by atoms with Crippen LogP contribution in [0.1, 0.15) is 41.6 Å². The summed E-state index contributed by atoms with van der Waals surface area (Å²) in [6.07, 6.45) is 0.478. The zero-order valence-corrected chi connectivity index (χ0v) is 16.9. The second-order valence-electron chi connectivity index (χ2n) is 8.20. The lowest BCUT2D eigenvalue weighted by atomic mass is 9.96. The number of amides is 2. The lowest BCUT2D eigenvalue weighted by Crippen LogP contribution is -2.53. The molecule has 4 rings (SSSR count). The van der Waals surface area contributed by atoms with Crippen molar-refractivity contribution in [2.45, 2.75) is 49.8 Å². The molecule has 2 heterocycles. The van der Waals surface area contributed by atoms with Gasteiger partial charge in [0.2, 0.25) is 0 Å². The molecule has 176 valence electrons. The van der Waals surface area contributed by atoms with E-state index in [1.807, 2.05) is 5.32 Å². The molecule has 2 N–H and O–H groups in total. The summed E-state index contributed by atoms with van der Waals surface area (Å²) in [6, 6.07) is 1.71. The van der Waals surface area contributed by atoms with E-state index < -0.39 is 76.0 Å². The Bertz CT molecular complexity index is 1090. The number of aliphatic hydroxyl groups is 1. The number of anilines is 1. The van der Waals surface area contributed by atoms with E-state index in [1.54, 1.807) is 0 Å². The Morgan fingerprint density at radius 3 is 2.09 bits per heavy atom. The lowest BCUT2D eigenvalue weighted by Gasteiger charge is -2.39. The van der Waals surface area contributed by atoms with Gasteiger partial charge in [0, 0.05) is 35.5 Å². The third-order valence-electron chi connectivity index (χ3n) is 6.02. The maximum absolute atomic E-state index is 15.1. The van der Waals surface area contributed by atoms with Crippen LogP contribution in [0, 0.1) is 23.3 Å². The predicted molar refractivity (Wildman–Crippen MR) is 103 cm³/mol. The zero-order chi connectivity index (χ0) is 24.1. The van der Waals surface area contributed by atoms with Gasteiger partial charge >= 0.3 is 5.92 Å². The van der Waals surface area contributed by atoms with E-state index in [0.29, 0.717) is 37.1 Å². The Morgan fingerprint density at radius 1 is 0.939 bits per heavy atom. The molecule has 2 aliphatic heterocycles. The Labute approximate surface area is 184 Å². The zero-order valence-electron chi connectivity index (χ0n) is 16.9. The van der Waals surface area contributed by atoms with E-state index in [9.17, 15) is 32.3 Å². The molecule has 3 atom stereocenters. The third kappa shape index (κ3) is 4.17. The van der Waals surface area contributed by atoms with Crippen LogP contribution < -0.4 is 5.32 Å². The van der Waals surface area contributed by atoms with Gasteiger partial charge in [-0.25, -0.2) is 17.6 Å². The number of hydrogen-bond donors (Lipinski definition) is 2. The lowest BCUT2D eigenvalue weighted by molar-refractivity contribution is -0.166. The van der Waals surface area contributed by atoms with E-state index in [2.05, 4.69) is 0 Å². The first kappa shape index (κ1) is 23.1. The molecule has 0 radical (unpaired) electrons. The number of alkyl halides is 2. The minimum absolute atomic E-state index is 0.147. The van der Waals surface area contributed by atoms with Crippen LogP contribution in [0.2, 0.25) is 0 Å². The maximum Gasteiger partial charge on any atom is 0.352 e. The van der Waals surface area contributed by atoms with Crippen LogP contribution in [0.15, 0.2) is 30.3 Å². The molecule has 2 saturated heterocycles. The Kier molecular flexibility index (Phi) is 5.85. The molecule has 2 aromatic carbocycles.